The van der Waals surface area contributed by atoms with Gasteiger partial charge in [-0.1, -0.05) is 6.07 Å². The quantitative estimate of drug-likeness (QED) is 0.424. The van der Waals surface area contributed by atoms with Gasteiger partial charge in [-0.2, -0.15) is 0 Å². The van der Waals surface area contributed by atoms with Gasteiger partial charge < -0.3 is 15.2 Å². The minimum Gasteiger partial charge on any atom is -0.318 e. The predicted octanol–water partition coefficient (Wildman–Crippen LogP) is 1.26. The van der Waals surface area contributed by atoms with E-state index in [2.05, 4.69) is 15.2 Å². The molecule has 7 heteroatoms. The van der Waals surface area contributed by atoms with Crippen LogP contribution in [0.2, 0.25) is 0 Å². The van der Waals surface area contributed by atoms with Crippen LogP contribution in [0.1, 0.15) is 12.0 Å². The third-order valence-corrected chi connectivity index (χ3v) is 3.01. The highest BCUT2D eigenvalue weighted by Gasteiger charge is 2.14. The van der Waals surface area contributed by atoms with Gasteiger partial charge in [0.2, 0.25) is 0 Å². The van der Waals surface area contributed by atoms with Crippen LogP contribution in [0.25, 0.3) is 0 Å². The first-order chi connectivity index (χ1) is 9.43. The molecule has 0 spiro atoms. The molecule has 0 amide bonds. The van der Waals surface area contributed by atoms with Crippen molar-refractivity contribution in [1.29, 1.82) is 0 Å². The van der Waals surface area contributed by atoms with Crippen molar-refractivity contribution in [3.63, 3.8) is 0 Å². The summed E-state index contributed by atoms with van der Waals surface area (Å²) in [4.78, 5) is 14.8. The molecule has 1 aromatic rings. The molecule has 0 saturated heterocycles. The van der Waals surface area contributed by atoms with Crippen molar-refractivity contribution in [3.8, 4) is 0 Å². The third-order valence-electron chi connectivity index (χ3n) is 3.01. The molecule has 1 rings (SSSR count). The minimum absolute atomic E-state index is 0.00620. The molecule has 7 nitrogen and oxygen atoms in total. The molecule has 1 aromatic carbocycles. The summed E-state index contributed by atoms with van der Waals surface area (Å²) in [6, 6.07) is 5.06. The lowest BCUT2D eigenvalue weighted by Gasteiger charge is -2.18. The fourth-order valence-electron chi connectivity index (χ4n) is 2.00. The highest BCUT2D eigenvalue weighted by Crippen LogP contribution is 2.25. The van der Waals surface area contributed by atoms with Crippen molar-refractivity contribution in [2.45, 2.75) is 13.0 Å². The molecule has 0 bridgehead atoms. The summed E-state index contributed by atoms with van der Waals surface area (Å²) < 4.78 is 0. The van der Waals surface area contributed by atoms with Gasteiger partial charge in [0.05, 0.1) is 4.92 Å². The molecule has 0 aliphatic heterocycles. The molecule has 0 fully saturated rings. The summed E-state index contributed by atoms with van der Waals surface area (Å²) in [5.74, 6) is 5.26. The Morgan fingerprint density at radius 1 is 1.30 bits per heavy atom. The molecule has 0 radical (unpaired) electrons. The molecule has 0 aromatic heterocycles. The summed E-state index contributed by atoms with van der Waals surface area (Å²) >= 11 is 0. The van der Waals surface area contributed by atoms with Gasteiger partial charge >= 0.3 is 0 Å². The second-order valence-electron chi connectivity index (χ2n) is 5.15. The lowest BCUT2D eigenvalue weighted by molar-refractivity contribution is -0.384. The SMILES string of the molecule is CN(C)CCCN(C)Cc1ccc(NN)c([N+](=O)[O-])c1. The van der Waals surface area contributed by atoms with Gasteiger partial charge in [-0.15, -0.1) is 0 Å². The second-order valence-corrected chi connectivity index (χ2v) is 5.15. The predicted molar refractivity (Wildman–Crippen MR) is 80.4 cm³/mol. The number of nitro benzene ring substituents is 1. The molecule has 112 valence electrons. The molecular weight excluding hydrogens is 258 g/mol. The first-order valence-electron chi connectivity index (χ1n) is 6.51. The zero-order valence-electron chi connectivity index (χ0n) is 12.3. The molecule has 3 N–H and O–H groups in total. The van der Waals surface area contributed by atoms with E-state index in [0.717, 1.165) is 25.1 Å². The third kappa shape index (κ3) is 5.12. The summed E-state index contributed by atoms with van der Waals surface area (Å²) in [6.45, 7) is 2.66. The van der Waals surface area contributed by atoms with Crippen LogP contribution in [0.3, 0.4) is 0 Å². The van der Waals surface area contributed by atoms with Crippen LogP contribution in [-0.4, -0.2) is 49.0 Å². The molecule has 0 aliphatic carbocycles. The number of nitrogen functional groups attached to an aromatic ring is 1. The number of hydrogen-bond donors (Lipinski definition) is 2. The van der Waals surface area contributed by atoms with Gasteiger partial charge in [0.15, 0.2) is 0 Å². The lowest BCUT2D eigenvalue weighted by atomic mass is 10.1. The smallest absolute Gasteiger partial charge is 0.293 e. The Hall–Kier alpha value is -1.70. The number of nitro groups is 1. The van der Waals surface area contributed by atoms with Crippen LogP contribution >= 0.6 is 0 Å². The number of rotatable bonds is 8. The standard InChI is InChI=1S/C13H23N5O2/c1-16(2)7-4-8-17(3)10-11-5-6-12(15-14)13(9-11)18(19)20/h5-6,9,15H,4,7-8,10,14H2,1-3H3. The Morgan fingerprint density at radius 3 is 2.55 bits per heavy atom. The number of nitrogens with two attached hydrogens (primary N) is 1. The summed E-state index contributed by atoms with van der Waals surface area (Å²) in [6.07, 6.45) is 1.06. The molecule has 0 unspecified atom stereocenters. The average Bonchev–Trinajstić information content (AvgIpc) is 2.38. The molecular formula is C13H23N5O2. The molecule has 0 aliphatic rings. The summed E-state index contributed by atoms with van der Waals surface area (Å²) in [7, 11) is 6.10. The van der Waals surface area contributed by atoms with Crippen LogP contribution in [0.5, 0.6) is 0 Å². The molecule has 20 heavy (non-hydrogen) atoms. The summed E-state index contributed by atoms with van der Waals surface area (Å²) in [5.41, 5.74) is 3.58. The van der Waals surface area contributed by atoms with Gasteiger partial charge in [-0.3, -0.25) is 16.0 Å². The lowest BCUT2D eigenvalue weighted by Crippen LogP contribution is -2.23. The van der Waals surface area contributed by atoms with Gasteiger partial charge in [-0.25, -0.2) is 0 Å². The van der Waals surface area contributed by atoms with Crippen LogP contribution in [0.15, 0.2) is 18.2 Å². The maximum Gasteiger partial charge on any atom is 0.293 e. The van der Waals surface area contributed by atoms with E-state index in [1.54, 1.807) is 12.1 Å². The zero-order valence-corrected chi connectivity index (χ0v) is 12.3. The Balaban J connectivity index is 2.63. The second kappa shape index (κ2) is 7.78. The Bertz CT molecular complexity index is 450. The van der Waals surface area contributed by atoms with Crippen molar-refractivity contribution in [2.24, 2.45) is 5.84 Å². The zero-order chi connectivity index (χ0) is 15.1. The molecule has 0 heterocycles. The van der Waals surface area contributed by atoms with E-state index in [1.807, 2.05) is 27.2 Å². The van der Waals surface area contributed by atoms with Gasteiger partial charge in [0.25, 0.3) is 5.69 Å². The van der Waals surface area contributed by atoms with Crippen molar-refractivity contribution in [1.82, 2.24) is 9.80 Å². The number of anilines is 1. The maximum atomic E-state index is 11.0. The Labute approximate surface area is 119 Å². The largest absolute Gasteiger partial charge is 0.318 e. The number of nitrogens with one attached hydrogen (secondary N) is 1. The molecule has 0 saturated carbocycles. The van der Waals surface area contributed by atoms with Crippen LogP contribution < -0.4 is 11.3 Å². The van der Waals surface area contributed by atoms with Crippen LogP contribution in [-0.2, 0) is 6.54 Å². The minimum atomic E-state index is -0.426. The van der Waals surface area contributed by atoms with Crippen LogP contribution in [0, 0.1) is 10.1 Å². The van der Waals surface area contributed by atoms with Crippen LogP contribution in [0.4, 0.5) is 11.4 Å². The first kappa shape index (κ1) is 16.4. The first-order valence-corrected chi connectivity index (χ1v) is 6.51. The van der Waals surface area contributed by atoms with Crippen molar-refractivity contribution < 1.29 is 4.92 Å². The highest BCUT2D eigenvalue weighted by molar-refractivity contribution is 5.61. The number of hydrazine groups is 1. The topological polar surface area (TPSA) is 87.7 Å². The van der Waals surface area contributed by atoms with Crippen molar-refractivity contribution in [2.75, 3.05) is 39.7 Å². The fourth-order valence-corrected chi connectivity index (χ4v) is 2.00. The summed E-state index contributed by atoms with van der Waals surface area (Å²) in [5, 5.41) is 11.0. The van der Waals surface area contributed by atoms with Crippen molar-refractivity contribution in [3.05, 3.63) is 33.9 Å². The van der Waals surface area contributed by atoms with E-state index in [9.17, 15) is 10.1 Å². The fraction of sp³-hybridized carbons (Fsp3) is 0.538. The number of hydrogen-bond acceptors (Lipinski definition) is 6. The van der Waals surface area contributed by atoms with E-state index in [-0.39, 0.29) is 5.69 Å². The monoisotopic (exact) mass is 281 g/mol. The Morgan fingerprint density at radius 2 is 2.00 bits per heavy atom. The highest BCUT2D eigenvalue weighted by atomic mass is 16.6. The number of benzene rings is 1. The van der Waals surface area contributed by atoms with E-state index in [4.69, 9.17) is 5.84 Å². The molecule has 0 atom stereocenters. The van der Waals surface area contributed by atoms with Gasteiger partial charge in [0.1, 0.15) is 5.69 Å². The maximum absolute atomic E-state index is 11.0. The van der Waals surface area contributed by atoms with Gasteiger partial charge in [-0.05, 0) is 52.3 Å². The van der Waals surface area contributed by atoms with E-state index >= 15 is 0 Å². The normalized spacial score (nSPS) is 11.1. The van der Waals surface area contributed by atoms with Crippen molar-refractivity contribution >= 4 is 11.4 Å². The number of nitrogens with zero attached hydrogens (tertiary/aromatic N) is 3. The Kier molecular flexibility index (Phi) is 6.37. The van der Waals surface area contributed by atoms with Gasteiger partial charge in [0, 0.05) is 12.6 Å². The van der Waals surface area contributed by atoms with E-state index in [0.29, 0.717) is 12.2 Å². The van der Waals surface area contributed by atoms with E-state index < -0.39 is 4.92 Å². The van der Waals surface area contributed by atoms with E-state index in [1.165, 1.54) is 0 Å². The average molecular weight is 281 g/mol.